The van der Waals surface area contributed by atoms with Gasteiger partial charge in [0.1, 0.15) is 11.5 Å². The predicted octanol–water partition coefficient (Wildman–Crippen LogP) is 1.16. The maximum absolute atomic E-state index is 12.6. The first-order chi connectivity index (χ1) is 8.15. The third-order valence-electron chi connectivity index (χ3n) is 2.01. The molecule has 17 heavy (non-hydrogen) atoms. The second-order valence-corrected chi connectivity index (χ2v) is 3.26. The third kappa shape index (κ3) is 2.75. The molecule has 0 bridgehead atoms. The van der Waals surface area contributed by atoms with Crippen molar-refractivity contribution >= 4 is 11.6 Å². The molecule has 2 aromatic rings. The highest BCUT2D eigenvalue weighted by molar-refractivity contribution is 6.02. The number of benzene rings is 1. The smallest absolute Gasteiger partial charge is 0.274 e. The second-order valence-electron chi connectivity index (χ2n) is 3.26. The average Bonchev–Trinajstić information content (AvgIpc) is 2.32. The molecule has 2 rings (SSSR count). The molecule has 0 aliphatic heterocycles. The molecular formula is C11H8FN3O2. The fraction of sp³-hybridized carbons (Fsp3) is 0. The average molecular weight is 233 g/mol. The quantitative estimate of drug-likeness (QED) is 0.817. The molecule has 0 fully saturated rings. The van der Waals surface area contributed by atoms with Crippen molar-refractivity contribution in [3.8, 4) is 0 Å². The summed E-state index contributed by atoms with van der Waals surface area (Å²) in [4.78, 5) is 28.6. The Morgan fingerprint density at radius 2 is 2.00 bits per heavy atom. The van der Waals surface area contributed by atoms with Gasteiger partial charge in [0, 0.05) is 11.8 Å². The molecule has 0 spiro atoms. The molecule has 0 saturated carbocycles. The van der Waals surface area contributed by atoms with Crippen LogP contribution in [0, 0.1) is 5.82 Å². The number of aromatic nitrogens is 2. The topological polar surface area (TPSA) is 74.8 Å². The van der Waals surface area contributed by atoms with E-state index < -0.39 is 17.3 Å². The Labute approximate surface area is 95.3 Å². The van der Waals surface area contributed by atoms with E-state index in [1.54, 1.807) is 0 Å². The first-order valence-electron chi connectivity index (χ1n) is 4.77. The van der Waals surface area contributed by atoms with Crippen LogP contribution < -0.4 is 10.9 Å². The summed E-state index contributed by atoms with van der Waals surface area (Å²) in [6.07, 6.45) is 1.14. The Kier molecular flexibility index (Phi) is 2.95. The molecular weight excluding hydrogens is 225 g/mol. The number of hydrogen-bond donors (Lipinski definition) is 2. The van der Waals surface area contributed by atoms with Crippen molar-refractivity contribution in [2.24, 2.45) is 0 Å². The van der Waals surface area contributed by atoms with E-state index in [-0.39, 0.29) is 5.69 Å². The molecule has 0 unspecified atom stereocenters. The van der Waals surface area contributed by atoms with Crippen LogP contribution in [0.4, 0.5) is 10.1 Å². The van der Waals surface area contributed by atoms with Gasteiger partial charge in [-0.05, 0) is 24.3 Å². The highest BCUT2D eigenvalue weighted by Gasteiger charge is 2.07. The largest absolute Gasteiger partial charge is 0.321 e. The highest BCUT2D eigenvalue weighted by Crippen LogP contribution is 2.09. The van der Waals surface area contributed by atoms with Gasteiger partial charge in [0.2, 0.25) is 0 Å². The number of carbonyl (C=O) groups is 1. The maximum Gasteiger partial charge on any atom is 0.274 e. The summed E-state index contributed by atoms with van der Waals surface area (Å²) in [6.45, 7) is 0. The van der Waals surface area contributed by atoms with Gasteiger partial charge < -0.3 is 10.3 Å². The van der Waals surface area contributed by atoms with Crippen LogP contribution in [0.1, 0.15) is 10.5 Å². The van der Waals surface area contributed by atoms with Crippen molar-refractivity contribution in [1.82, 2.24) is 9.97 Å². The second kappa shape index (κ2) is 4.56. The summed E-state index contributed by atoms with van der Waals surface area (Å²) in [5.41, 5.74) is 0.0146. The van der Waals surface area contributed by atoms with Gasteiger partial charge in [-0.1, -0.05) is 0 Å². The van der Waals surface area contributed by atoms with Gasteiger partial charge in [-0.25, -0.2) is 9.37 Å². The molecule has 86 valence electrons. The van der Waals surface area contributed by atoms with Crippen molar-refractivity contribution < 1.29 is 9.18 Å². The zero-order valence-electron chi connectivity index (χ0n) is 8.61. The molecule has 0 aliphatic carbocycles. The predicted molar refractivity (Wildman–Crippen MR) is 59.2 cm³/mol. The number of halogens is 1. The van der Waals surface area contributed by atoms with Gasteiger partial charge >= 0.3 is 0 Å². The van der Waals surface area contributed by atoms with Crippen LogP contribution in [-0.2, 0) is 0 Å². The van der Waals surface area contributed by atoms with Crippen molar-refractivity contribution in [2.45, 2.75) is 0 Å². The van der Waals surface area contributed by atoms with E-state index in [1.165, 1.54) is 24.3 Å². The lowest BCUT2D eigenvalue weighted by Gasteiger charge is -2.03. The maximum atomic E-state index is 12.6. The van der Waals surface area contributed by atoms with Crippen molar-refractivity contribution in [2.75, 3.05) is 5.32 Å². The molecule has 1 aromatic carbocycles. The number of hydrogen-bond acceptors (Lipinski definition) is 3. The summed E-state index contributed by atoms with van der Waals surface area (Å²) in [5.74, 6) is -0.917. The lowest BCUT2D eigenvalue weighted by molar-refractivity contribution is 0.102. The van der Waals surface area contributed by atoms with Crippen LogP contribution in [0.2, 0.25) is 0 Å². The number of nitrogens with one attached hydrogen (secondary N) is 2. The summed E-state index contributed by atoms with van der Waals surface area (Å²) < 4.78 is 12.6. The molecule has 6 heteroatoms. The van der Waals surface area contributed by atoms with Gasteiger partial charge in [0.05, 0.1) is 6.33 Å². The summed E-state index contributed by atoms with van der Waals surface area (Å²) in [7, 11) is 0. The summed E-state index contributed by atoms with van der Waals surface area (Å²) in [5, 5.41) is 2.49. The van der Waals surface area contributed by atoms with Crippen LogP contribution in [-0.4, -0.2) is 15.9 Å². The van der Waals surface area contributed by atoms with Crippen molar-refractivity contribution in [3.05, 3.63) is 58.5 Å². The van der Waals surface area contributed by atoms with Gasteiger partial charge in [-0.15, -0.1) is 0 Å². The van der Waals surface area contributed by atoms with E-state index >= 15 is 0 Å². The molecule has 0 radical (unpaired) electrons. The van der Waals surface area contributed by atoms with Crippen LogP contribution in [0.3, 0.4) is 0 Å². The lowest BCUT2D eigenvalue weighted by atomic mass is 10.3. The Morgan fingerprint density at radius 3 is 2.65 bits per heavy atom. The number of rotatable bonds is 2. The minimum absolute atomic E-state index is 0.00178. The molecule has 2 N–H and O–H groups in total. The van der Waals surface area contributed by atoms with Crippen LogP contribution in [0.15, 0.2) is 41.5 Å². The first kappa shape index (κ1) is 11.0. The summed E-state index contributed by atoms with van der Waals surface area (Å²) >= 11 is 0. The zero-order valence-corrected chi connectivity index (χ0v) is 8.61. The van der Waals surface area contributed by atoms with Gasteiger partial charge in [-0.2, -0.15) is 0 Å². The normalized spacial score (nSPS) is 9.94. The van der Waals surface area contributed by atoms with Gasteiger partial charge in [-0.3, -0.25) is 9.59 Å². The van der Waals surface area contributed by atoms with Crippen LogP contribution in [0.5, 0.6) is 0 Å². The fourth-order valence-electron chi connectivity index (χ4n) is 1.22. The Bertz CT molecular complexity index is 592. The Balaban J connectivity index is 2.17. The Morgan fingerprint density at radius 1 is 1.29 bits per heavy atom. The minimum atomic E-state index is -0.525. The fourth-order valence-corrected chi connectivity index (χ4v) is 1.22. The molecule has 1 heterocycles. The highest BCUT2D eigenvalue weighted by atomic mass is 19.1. The van der Waals surface area contributed by atoms with E-state index in [9.17, 15) is 14.0 Å². The molecule has 0 aliphatic rings. The number of nitrogens with zero attached hydrogens (tertiary/aromatic N) is 1. The van der Waals surface area contributed by atoms with Crippen LogP contribution in [0.25, 0.3) is 0 Å². The van der Waals surface area contributed by atoms with Crippen LogP contribution >= 0.6 is 0 Å². The number of carbonyl (C=O) groups excluding carboxylic acids is 1. The molecule has 1 amide bonds. The molecule has 1 aromatic heterocycles. The molecule has 0 atom stereocenters. The SMILES string of the molecule is O=C(Nc1ccc(F)cc1)c1cc(=O)[nH]cn1. The third-order valence-corrected chi connectivity index (χ3v) is 2.01. The lowest BCUT2D eigenvalue weighted by Crippen LogP contribution is -2.17. The standard InChI is InChI=1S/C11H8FN3O2/c12-7-1-3-8(4-2-7)15-11(17)9-5-10(16)14-6-13-9/h1-6H,(H,15,17)(H,13,14,16). The van der Waals surface area contributed by atoms with E-state index in [4.69, 9.17) is 0 Å². The van der Waals surface area contributed by atoms with Crippen molar-refractivity contribution in [3.63, 3.8) is 0 Å². The van der Waals surface area contributed by atoms with E-state index in [2.05, 4.69) is 15.3 Å². The number of anilines is 1. The molecule has 0 saturated heterocycles. The van der Waals surface area contributed by atoms with Crippen molar-refractivity contribution in [1.29, 1.82) is 0 Å². The zero-order chi connectivity index (χ0) is 12.3. The monoisotopic (exact) mass is 233 g/mol. The summed E-state index contributed by atoms with van der Waals surface area (Å²) in [6, 6.07) is 6.36. The van der Waals surface area contributed by atoms with E-state index in [1.807, 2.05) is 0 Å². The Hall–Kier alpha value is -2.50. The van der Waals surface area contributed by atoms with E-state index in [0.717, 1.165) is 12.4 Å². The molecule has 5 nitrogen and oxygen atoms in total. The first-order valence-corrected chi connectivity index (χ1v) is 4.77. The number of H-pyrrole nitrogens is 1. The van der Waals surface area contributed by atoms with Gasteiger partial charge in [0.15, 0.2) is 0 Å². The number of amides is 1. The van der Waals surface area contributed by atoms with E-state index in [0.29, 0.717) is 5.69 Å². The minimum Gasteiger partial charge on any atom is -0.321 e. The number of aromatic amines is 1. The van der Waals surface area contributed by atoms with Gasteiger partial charge in [0.25, 0.3) is 11.5 Å².